The van der Waals surface area contributed by atoms with Crippen molar-refractivity contribution in [2.24, 2.45) is 0 Å². The summed E-state index contributed by atoms with van der Waals surface area (Å²) in [5.74, 6) is 0.930. The van der Waals surface area contributed by atoms with Crippen LogP contribution in [-0.2, 0) is 30.8 Å². The summed E-state index contributed by atoms with van der Waals surface area (Å²) >= 11 is 6.14. The normalized spacial score (nSPS) is 15.9. The van der Waals surface area contributed by atoms with E-state index >= 15 is 0 Å². The molecule has 1 aliphatic rings. The molecule has 5 nitrogen and oxygen atoms in total. The van der Waals surface area contributed by atoms with Gasteiger partial charge in [-0.2, -0.15) is 0 Å². The molecular formula is C25H25ClN2O3. The standard InChI is InChI=1S/C25H25ClN2O3/c1-31-22-9-6-17(7-10-22)14-27-25(30)23-13-18-4-2-3-5-19(18)15-28(23)16-20-12-21(26)8-11-24(20)29/h2-12,23,29H,13-16H2,1H3,(H,27,30). The van der Waals surface area contributed by atoms with Gasteiger partial charge in [0.05, 0.1) is 13.2 Å². The van der Waals surface area contributed by atoms with Gasteiger partial charge < -0.3 is 15.2 Å². The first kappa shape index (κ1) is 21.2. The molecule has 4 rings (SSSR count). The molecule has 6 heteroatoms. The molecule has 0 radical (unpaired) electrons. The summed E-state index contributed by atoms with van der Waals surface area (Å²) in [4.78, 5) is 15.3. The Bertz CT molecular complexity index is 1070. The van der Waals surface area contributed by atoms with Crippen LogP contribution in [0, 0.1) is 0 Å². The minimum Gasteiger partial charge on any atom is -0.508 e. The number of rotatable bonds is 6. The van der Waals surface area contributed by atoms with Gasteiger partial charge in [-0.1, -0.05) is 48.0 Å². The minimum absolute atomic E-state index is 0.0353. The topological polar surface area (TPSA) is 61.8 Å². The molecule has 0 saturated carbocycles. The van der Waals surface area contributed by atoms with Crippen molar-refractivity contribution in [2.45, 2.75) is 32.1 Å². The zero-order valence-electron chi connectivity index (χ0n) is 17.3. The first-order valence-corrected chi connectivity index (χ1v) is 10.6. The summed E-state index contributed by atoms with van der Waals surface area (Å²) in [5, 5.41) is 13.9. The number of ether oxygens (including phenoxy) is 1. The lowest BCUT2D eigenvalue weighted by atomic mass is 9.93. The first-order valence-electron chi connectivity index (χ1n) is 10.2. The van der Waals surface area contributed by atoms with E-state index in [1.54, 1.807) is 25.3 Å². The van der Waals surface area contributed by atoms with Crippen molar-refractivity contribution < 1.29 is 14.6 Å². The number of fused-ring (bicyclic) bond motifs is 1. The Morgan fingerprint density at radius 1 is 1.13 bits per heavy atom. The maximum absolute atomic E-state index is 13.2. The van der Waals surface area contributed by atoms with E-state index in [-0.39, 0.29) is 17.7 Å². The van der Waals surface area contributed by atoms with E-state index in [9.17, 15) is 9.90 Å². The fourth-order valence-electron chi connectivity index (χ4n) is 3.95. The van der Waals surface area contributed by atoms with E-state index in [4.69, 9.17) is 16.3 Å². The summed E-state index contributed by atoms with van der Waals surface area (Å²) in [7, 11) is 1.63. The Labute approximate surface area is 187 Å². The number of hydrogen-bond donors (Lipinski definition) is 2. The molecule has 0 aliphatic carbocycles. The monoisotopic (exact) mass is 436 g/mol. The maximum atomic E-state index is 13.2. The molecule has 1 heterocycles. The Hall–Kier alpha value is -3.02. The van der Waals surface area contributed by atoms with Crippen LogP contribution < -0.4 is 10.1 Å². The summed E-state index contributed by atoms with van der Waals surface area (Å²) < 4.78 is 5.19. The predicted molar refractivity (Wildman–Crippen MR) is 121 cm³/mol. The molecule has 0 spiro atoms. The highest BCUT2D eigenvalue weighted by molar-refractivity contribution is 6.30. The number of phenolic OH excluding ortho intramolecular Hbond substituents is 1. The van der Waals surface area contributed by atoms with Gasteiger partial charge in [0.25, 0.3) is 0 Å². The number of halogens is 1. The van der Waals surface area contributed by atoms with Crippen molar-refractivity contribution in [1.82, 2.24) is 10.2 Å². The molecular weight excluding hydrogens is 412 g/mol. The largest absolute Gasteiger partial charge is 0.508 e. The molecule has 2 N–H and O–H groups in total. The zero-order valence-corrected chi connectivity index (χ0v) is 18.1. The van der Waals surface area contributed by atoms with Crippen molar-refractivity contribution in [3.05, 3.63) is 94.0 Å². The van der Waals surface area contributed by atoms with Gasteiger partial charge in [0.1, 0.15) is 11.5 Å². The highest BCUT2D eigenvalue weighted by Gasteiger charge is 2.31. The van der Waals surface area contributed by atoms with Crippen LogP contribution in [0.1, 0.15) is 22.3 Å². The molecule has 0 saturated heterocycles. The Morgan fingerprint density at radius 3 is 2.61 bits per heavy atom. The van der Waals surface area contributed by atoms with Gasteiger partial charge in [0.15, 0.2) is 0 Å². The third-order valence-electron chi connectivity index (χ3n) is 5.69. The van der Waals surface area contributed by atoms with Gasteiger partial charge in [-0.05, 0) is 53.4 Å². The third kappa shape index (κ3) is 5.01. The van der Waals surface area contributed by atoms with Gasteiger partial charge in [-0.25, -0.2) is 0 Å². The van der Waals surface area contributed by atoms with Crippen LogP contribution in [0.15, 0.2) is 66.7 Å². The molecule has 31 heavy (non-hydrogen) atoms. The third-order valence-corrected chi connectivity index (χ3v) is 5.92. The van der Waals surface area contributed by atoms with Gasteiger partial charge in [-0.15, -0.1) is 0 Å². The Morgan fingerprint density at radius 2 is 1.87 bits per heavy atom. The van der Waals surface area contributed by atoms with Crippen LogP contribution >= 0.6 is 11.6 Å². The van der Waals surface area contributed by atoms with Crippen LogP contribution in [0.3, 0.4) is 0 Å². The van der Waals surface area contributed by atoms with E-state index in [1.165, 1.54) is 11.1 Å². The number of methoxy groups -OCH3 is 1. The smallest absolute Gasteiger partial charge is 0.237 e. The van der Waals surface area contributed by atoms with Crippen molar-refractivity contribution >= 4 is 17.5 Å². The first-order chi connectivity index (χ1) is 15.0. The number of nitrogens with zero attached hydrogens (tertiary/aromatic N) is 1. The van der Waals surface area contributed by atoms with Gasteiger partial charge in [0.2, 0.25) is 5.91 Å². The second-order valence-electron chi connectivity index (χ2n) is 7.73. The van der Waals surface area contributed by atoms with Crippen LogP contribution in [-0.4, -0.2) is 29.1 Å². The molecule has 1 aliphatic heterocycles. The lowest BCUT2D eigenvalue weighted by molar-refractivity contribution is -0.127. The Balaban J connectivity index is 1.52. The number of carbonyl (C=O) groups excluding carboxylic acids is 1. The van der Waals surface area contributed by atoms with E-state index in [1.807, 2.05) is 36.4 Å². The number of hydrogen-bond acceptors (Lipinski definition) is 4. The van der Waals surface area contributed by atoms with Crippen LogP contribution in [0.5, 0.6) is 11.5 Å². The SMILES string of the molecule is COc1ccc(CNC(=O)C2Cc3ccccc3CN2Cc2cc(Cl)ccc2O)cc1. The number of carbonyl (C=O) groups is 1. The lowest BCUT2D eigenvalue weighted by Gasteiger charge is -2.36. The van der Waals surface area contributed by atoms with Crippen LogP contribution in [0.2, 0.25) is 5.02 Å². The zero-order chi connectivity index (χ0) is 21.8. The molecule has 1 unspecified atom stereocenters. The van der Waals surface area contributed by atoms with Crippen molar-refractivity contribution in [3.63, 3.8) is 0 Å². The van der Waals surface area contributed by atoms with Gasteiger partial charge >= 0.3 is 0 Å². The fraction of sp³-hybridized carbons (Fsp3) is 0.240. The summed E-state index contributed by atoms with van der Waals surface area (Å²) in [6, 6.07) is 20.5. The number of nitrogens with one attached hydrogen (secondary N) is 1. The highest BCUT2D eigenvalue weighted by atomic mass is 35.5. The summed E-state index contributed by atoms with van der Waals surface area (Å²) in [5.41, 5.74) is 4.09. The molecule has 0 bridgehead atoms. The molecule has 3 aromatic rings. The van der Waals surface area contributed by atoms with E-state index in [0.717, 1.165) is 11.3 Å². The summed E-state index contributed by atoms with van der Waals surface area (Å²) in [6.07, 6.45) is 0.617. The van der Waals surface area contributed by atoms with Crippen LogP contribution in [0.4, 0.5) is 0 Å². The van der Waals surface area contributed by atoms with E-state index in [0.29, 0.717) is 36.6 Å². The van der Waals surface area contributed by atoms with Gasteiger partial charge in [0, 0.05) is 30.2 Å². The van der Waals surface area contributed by atoms with E-state index < -0.39 is 0 Å². The van der Waals surface area contributed by atoms with Crippen LogP contribution in [0.25, 0.3) is 0 Å². The molecule has 3 aromatic carbocycles. The number of aromatic hydroxyl groups is 1. The van der Waals surface area contributed by atoms with Gasteiger partial charge in [-0.3, -0.25) is 9.69 Å². The second kappa shape index (κ2) is 9.41. The molecule has 1 atom stereocenters. The van der Waals surface area contributed by atoms with Crippen molar-refractivity contribution in [1.29, 1.82) is 0 Å². The molecule has 1 amide bonds. The Kier molecular flexibility index (Phi) is 6.44. The average Bonchev–Trinajstić information content (AvgIpc) is 2.79. The summed E-state index contributed by atoms with van der Waals surface area (Å²) in [6.45, 7) is 1.50. The maximum Gasteiger partial charge on any atom is 0.237 e. The van der Waals surface area contributed by atoms with Crippen molar-refractivity contribution in [3.8, 4) is 11.5 Å². The molecule has 160 valence electrons. The van der Waals surface area contributed by atoms with E-state index in [2.05, 4.69) is 22.3 Å². The minimum atomic E-state index is -0.341. The van der Waals surface area contributed by atoms with Crippen molar-refractivity contribution in [2.75, 3.05) is 7.11 Å². The predicted octanol–water partition coefficient (Wildman–Crippen LogP) is 4.30. The second-order valence-corrected chi connectivity index (χ2v) is 8.17. The number of benzene rings is 3. The fourth-order valence-corrected chi connectivity index (χ4v) is 4.15. The molecule has 0 aromatic heterocycles. The average molecular weight is 437 g/mol. The molecule has 0 fully saturated rings. The lowest BCUT2D eigenvalue weighted by Crippen LogP contribution is -2.49. The highest BCUT2D eigenvalue weighted by Crippen LogP contribution is 2.29. The number of amides is 1. The quantitative estimate of drug-likeness (QED) is 0.605. The number of phenols is 1.